The van der Waals surface area contributed by atoms with Gasteiger partial charge in [-0.15, -0.1) is 0 Å². The number of ether oxygens (including phenoxy) is 1. The highest BCUT2D eigenvalue weighted by molar-refractivity contribution is 7.13. The Morgan fingerprint density at radius 3 is 2.48 bits per heavy atom. The average molecular weight is 361 g/mol. The van der Waals surface area contributed by atoms with Crippen LogP contribution in [0.15, 0.2) is 35.7 Å². The molecule has 1 fully saturated rings. The highest BCUT2D eigenvalue weighted by atomic mass is 32.1. The third-order valence-electron chi connectivity index (χ3n) is 4.24. The molecule has 0 aliphatic carbocycles. The van der Waals surface area contributed by atoms with Crippen molar-refractivity contribution in [2.24, 2.45) is 0 Å². The van der Waals surface area contributed by atoms with Crippen LogP contribution in [-0.4, -0.2) is 53.9 Å². The minimum absolute atomic E-state index is 0.00138. The second kappa shape index (κ2) is 7.62. The Morgan fingerprint density at radius 2 is 1.92 bits per heavy atom. The van der Waals surface area contributed by atoms with Gasteiger partial charge < -0.3 is 9.64 Å². The second-order valence-electron chi connectivity index (χ2n) is 5.85. The van der Waals surface area contributed by atoms with Crippen molar-refractivity contribution < 1.29 is 14.5 Å². The summed E-state index contributed by atoms with van der Waals surface area (Å²) in [6.45, 7) is 3.64. The maximum Gasteiger partial charge on any atom is 0.324 e. The second-order valence-corrected chi connectivity index (χ2v) is 6.74. The molecule has 0 radical (unpaired) electrons. The number of nitro groups is 1. The zero-order valence-electron chi connectivity index (χ0n) is 13.9. The molecule has 7 nitrogen and oxygen atoms in total. The minimum Gasteiger partial charge on any atom is -0.497 e. The summed E-state index contributed by atoms with van der Waals surface area (Å²) in [6, 6.07) is 9.33. The van der Waals surface area contributed by atoms with Gasteiger partial charge in [-0.1, -0.05) is 23.5 Å². The molecule has 8 heteroatoms. The zero-order valence-corrected chi connectivity index (χ0v) is 14.7. The standard InChI is InChI=1S/C17H19N3O4S/c1-24-15-4-2-13(3-5-15)11-18-6-8-19(9-7-18)17(21)14-10-16(20(22)23)25-12-14/h2-5,10,12H,6-9,11H2,1H3. The predicted octanol–water partition coefficient (Wildman–Crippen LogP) is 2.62. The molecule has 25 heavy (non-hydrogen) atoms. The van der Waals surface area contributed by atoms with Crippen LogP contribution in [0.5, 0.6) is 5.75 Å². The van der Waals surface area contributed by atoms with Crippen molar-refractivity contribution >= 4 is 22.2 Å². The largest absolute Gasteiger partial charge is 0.497 e. The van der Waals surface area contributed by atoms with Gasteiger partial charge in [-0.2, -0.15) is 0 Å². The number of amides is 1. The highest BCUT2D eigenvalue weighted by Gasteiger charge is 2.24. The Bertz CT molecular complexity index is 752. The van der Waals surface area contributed by atoms with Gasteiger partial charge in [0.15, 0.2) is 0 Å². The summed E-state index contributed by atoms with van der Waals surface area (Å²) in [5.41, 5.74) is 1.61. The molecule has 1 amide bonds. The lowest BCUT2D eigenvalue weighted by atomic mass is 10.2. The molecular formula is C17H19N3O4S. The number of carbonyl (C=O) groups is 1. The fourth-order valence-electron chi connectivity index (χ4n) is 2.81. The molecule has 1 aromatic carbocycles. The average Bonchev–Trinajstić information content (AvgIpc) is 3.13. The summed E-state index contributed by atoms with van der Waals surface area (Å²) in [6.07, 6.45) is 0. The lowest BCUT2D eigenvalue weighted by Gasteiger charge is -2.34. The number of piperazine rings is 1. The van der Waals surface area contributed by atoms with Gasteiger partial charge in [0.1, 0.15) is 5.75 Å². The summed E-state index contributed by atoms with van der Waals surface area (Å²) in [5.74, 6) is 0.706. The molecular weight excluding hydrogens is 342 g/mol. The van der Waals surface area contributed by atoms with Crippen LogP contribution in [0.4, 0.5) is 5.00 Å². The molecule has 3 rings (SSSR count). The Hall–Kier alpha value is -2.45. The van der Waals surface area contributed by atoms with Crippen LogP contribution in [-0.2, 0) is 6.54 Å². The number of nitrogens with zero attached hydrogens (tertiary/aromatic N) is 3. The molecule has 0 bridgehead atoms. The van der Waals surface area contributed by atoms with E-state index in [1.54, 1.807) is 17.4 Å². The maximum absolute atomic E-state index is 12.4. The Labute approximate surface area is 149 Å². The maximum atomic E-state index is 12.4. The quantitative estimate of drug-likeness (QED) is 0.604. The van der Waals surface area contributed by atoms with Crippen molar-refractivity contribution in [1.82, 2.24) is 9.80 Å². The lowest BCUT2D eigenvalue weighted by Crippen LogP contribution is -2.48. The topological polar surface area (TPSA) is 75.9 Å². The van der Waals surface area contributed by atoms with Crippen LogP contribution >= 0.6 is 11.3 Å². The summed E-state index contributed by atoms with van der Waals surface area (Å²) in [5, 5.41) is 12.3. The van der Waals surface area contributed by atoms with E-state index in [1.165, 1.54) is 11.6 Å². The number of thiophene rings is 1. The van der Waals surface area contributed by atoms with E-state index in [0.717, 1.165) is 36.7 Å². The lowest BCUT2D eigenvalue weighted by molar-refractivity contribution is -0.380. The third-order valence-corrected chi connectivity index (χ3v) is 5.12. The summed E-state index contributed by atoms with van der Waals surface area (Å²) >= 11 is 0.988. The van der Waals surface area contributed by atoms with Crippen LogP contribution in [0, 0.1) is 10.1 Å². The molecule has 2 heterocycles. The summed E-state index contributed by atoms with van der Waals surface area (Å²) < 4.78 is 5.16. The Kier molecular flexibility index (Phi) is 5.30. The number of hydrogen-bond donors (Lipinski definition) is 0. The van der Waals surface area contributed by atoms with E-state index >= 15 is 0 Å². The first-order valence-electron chi connectivity index (χ1n) is 7.94. The van der Waals surface area contributed by atoms with Crippen molar-refractivity contribution in [2.75, 3.05) is 33.3 Å². The molecule has 2 aromatic rings. The van der Waals surface area contributed by atoms with E-state index in [-0.39, 0.29) is 10.9 Å². The van der Waals surface area contributed by atoms with E-state index in [4.69, 9.17) is 4.74 Å². The Balaban J connectivity index is 1.53. The first-order chi connectivity index (χ1) is 12.1. The smallest absolute Gasteiger partial charge is 0.324 e. The van der Waals surface area contributed by atoms with Gasteiger partial charge in [0.2, 0.25) is 0 Å². The van der Waals surface area contributed by atoms with Gasteiger partial charge in [-0.05, 0) is 17.7 Å². The fourth-order valence-corrected chi connectivity index (χ4v) is 3.51. The molecule has 132 valence electrons. The van der Waals surface area contributed by atoms with E-state index in [9.17, 15) is 14.9 Å². The number of methoxy groups -OCH3 is 1. The minimum atomic E-state index is -0.464. The van der Waals surface area contributed by atoms with Crippen LogP contribution in [0.2, 0.25) is 0 Å². The number of carbonyl (C=O) groups excluding carboxylic acids is 1. The van der Waals surface area contributed by atoms with Gasteiger partial charge >= 0.3 is 5.00 Å². The normalized spacial score (nSPS) is 15.2. The van der Waals surface area contributed by atoms with Crippen molar-refractivity contribution in [1.29, 1.82) is 0 Å². The number of hydrogen-bond acceptors (Lipinski definition) is 6. The van der Waals surface area contributed by atoms with Crippen molar-refractivity contribution in [3.05, 3.63) is 57.0 Å². The van der Waals surface area contributed by atoms with Crippen LogP contribution in [0.25, 0.3) is 0 Å². The Morgan fingerprint density at radius 1 is 1.24 bits per heavy atom. The fraction of sp³-hybridized carbons (Fsp3) is 0.353. The first kappa shape index (κ1) is 17.4. The van der Waals surface area contributed by atoms with E-state index in [0.29, 0.717) is 18.7 Å². The SMILES string of the molecule is COc1ccc(CN2CCN(C(=O)c3csc([N+](=O)[O-])c3)CC2)cc1. The van der Waals surface area contributed by atoms with Crippen LogP contribution in [0.1, 0.15) is 15.9 Å². The van der Waals surface area contributed by atoms with Gasteiger partial charge in [0.05, 0.1) is 17.6 Å². The van der Waals surface area contributed by atoms with Crippen molar-refractivity contribution in [3.8, 4) is 5.75 Å². The predicted molar refractivity (Wildman–Crippen MR) is 95.1 cm³/mol. The van der Waals surface area contributed by atoms with Crippen molar-refractivity contribution in [3.63, 3.8) is 0 Å². The third kappa shape index (κ3) is 4.15. The monoisotopic (exact) mass is 361 g/mol. The van der Waals surface area contributed by atoms with Gasteiger partial charge in [-0.25, -0.2) is 0 Å². The zero-order chi connectivity index (χ0) is 17.8. The van der Waals surface area contributed by atoms with E-state index in [1.807, 2.05) is 24.3 Å². The molecule has 0 saturated carbocycles. The molecule has 0 N–H and O–H groups in total. The van der Waals surface area contributed by atoms with Crippen molar-refractivity contribution in [2.45, 2.75) is 6.54 Å². The molecule has 0 unspecified atom stereocenters. The molecule has 0 spiro atoms. The van der Waals surface area contributed by atoms with Gasteiger partial charge in [-0.3, -0.25) is 19.8 Å². The molecule has 0 atom stereocenters. The summed E-state index contributed by atoms with van der Waals surface area (Å²) in [7, 11) is 1.65. The molecule has 1 aliphatic rings. The van der Waals surface area contributed by atoms with Crippen LogP contribution in [0.3, 0.4) is 0 Å². The van der Waals surface area contributed by atoms with E-state index in [2.05, 4.69) is 4.90 Å². The molecule has 1 aliphatic heterocycles. The van der Waals surface area contributed by atoms with Crippen LogP contribution < -0.4 is 4.74 Å². The molecule has 1 aromatic heterocycles. The first-order valence-corrected chi connectivity index (χ1v) is 8.82. The van der Waals surface area contributed by atoms with E-state index < -0.39 is 4.92 Å². The number of rotatable bonds is 5. The van der Waals surface area contributed by atoms with Gasteiger partial charge in [0.25, 0.3) is 5.91 Å². The highest BCUT2D eigenvalue weighted by Crippen LogP contribution is 2.24. The van der Waals surface area contributed by atoms with Gasteiger partial charge in [0, 0.05) is 44.2 Å². The number of benzene rings is 1. The molecule has 1 saturated heterocycles. The summed E-state index contributed by atoms with van der Waals surface area (Å²) in [4.78, 5) is 26.8.